The molecule has 0 amide bonds. The Morgan fingerprint density at radius 1 is 1.50 bits per heavy atom. The van der Waals surface area contributed by atoms with Gasteiger partial charge in [0, 0.05) is 11.8 Å². The Balaban J connectivity index is 2.06. The van der Waals surface area contributed by atoms with Crippen LogP contribution in [-0.2, 0) is 13.8 Å². The second-order valence-corrected chi connectivity index (χ2v) is 5.79. The predicted molar refractivity (Wildman–Crippen MR) is 67.2 cm³/mol. The fourth-order valence-electron chi connectivity index (χ4n) is 1.99. The number of hydrogen-bond donors (Lipinski definition) is 3. The highest BCUT2D eigenvalue weighted by Gasteiger charge is 2.29. The summed E-state index contributed by atoms with van der Waals surface area (Å²) < 4.78 is 21.7. The van der Waals surface area contributed by atoms with Crippen molar-refractivity contribution in [3.05, 3.63) is 32.6 Å². The van der Waals surface area contributed by atoms with Gasteiger partial charge >= 0.3 is 13.5 Å². The van der Waals surface area contributed by atoms with E-state index in [1.54, 1.807) is 6.92 Å². The lowest BCUT2D eigenvalue weighted by atomic mass is 10.2. The van der Waals surface area contributed by atoms with E-state index in [1.807, 2.05) is 0 Å². The van der Waals surface area contributed by atoms with Crippen molar-refractivity contribution < 1.29 is 23.6 Å². The van der Waals surface area contributed by atoms with Gasteiger partial charge in [0.1, 0.15) is 6.23 Å². The van der Waals surface area contributed by atoms with Gasteiger partial charge in [0.25, 0.3) is 5.56 Å². The van der Waals surface area contributed by atoms with E-state index in [2.05, 4.69) is 9.51 Å². The zero-order valence-electron chi connectivity index (χ0n) is 10.7. The molecule has 0 radical (unpaired) electrons. The van der Waals surface area contributed by atoms with Gasteiger partial charge in [-0.15, -0.1) is 0 Å². The van der Waals surface area contributed by atoms with Crippen LogP contribution in [0, 0.1) is 6.92 Å². The molecule has 10 heteroatoms. The van der Waals surface area contributed by atoms with Crippen LogP contribution in [-0.4, -0.2) is 32.0 Å². The summed E-state index contributed by atoms with van der Waals surface area (Å²) in [5.41, 5.74) is -0.657. The lowest BCUT2D eigenvalue weighted by Gasteiger charge is -2.16. The Morgan fingerprint density at radius 3 is 2.85 bits per heavy atom. The second-order valence-electron chi connectivity index (χ2n) is 4.56. The van der Waals surface area contributed by atoms with E-state index in [1.165, 1.54) is 10.8 Å². The number of aromatic nitrogens is 2. The standard InChI is InChI=1S/C10H15N2O7P/c1-6-4-12(10(14)11-9(6)13)8-3-2-7(19-8)5-18-20(15,16)17/h4,7-8H,2-3,5H2,1H3,(H,11,13,14)(H2,15,16,17)/t7-,8-/m0/s1. The summed E-state index contributed by atoms with van der Waals surface area (Å²) in [4.78, 5) is 42.3. The lowest BCUT2D eigenvalue weighted by Crippen LogP contribution is -2.33. The highest BCUT2D eigenvalue weighted by Crippen LogP contribution is 2.37. The summed E-state index contributed by atoms with van der Waals surface area (Å²) in [5.74, 6) is 0. The molecular weight excluding hydrogens is 291 g/mol. The monoisotopic (exact) mass is 306 g/mol. The van der Waals surface area contributed by atoms with E-state index >= 15 is 0 Å². The Labute approximate surface area is 113 Å². The number of phosphoric acid groups is 1. The van der Waals surface area contributed by atoms with Gasteiger partial charge in [-0.1, -0.05) is 0 Å². The topological polar surface area (TPSA) is 131 Å². The number of aryl methyl sites for hydroxylation is 1. The van der Waals surface area contributed by atoms with Gasteiger partial charge in [-0.2, -0.15) is 0 Å². The molecule has 1 aliphatic heterocycles. The van der Waals surface area contributed by atoms with Crippen molar-refractivity contribution in [1.82, 2.24) is 9.55 Å². The average molecular weight is 306 g/mol. The summed E-state index contributed by atoms with van der Waals surface area (Å²) in [5, 5.41) is 0. The molecule has 2 rings (SSSR count). The van der Waals surface area contributed by atoms with Crippen LogP contribution in [0.5, 0.6) is 0 Å². The number of nitrogens with zero attached hydrogens (tertiary/aromatic N) is 1. The van der Waals surface area contributed by atoms with Crippen molar-refractivity contribution in [2.45, 2.75) is 32.1 Å². The van der Waals surface area contributed by atoms with Gasteiger partial charge in [-0.25, -0.2) is 9.36 Å². The molecule has 0 saturated carbocycles. The third kappa shape index (κ3) is 3.65. The molecule has 1 fully saturated rings. The van der Waals surface area contributed by atoms with Crippen LogP contribution in [0.15, 0.2) is 15.8 Å². The van der Waals surface area contributed by atoms with Crippen LogP contribution >= 0.6 is 7.82 Å². The molecule has 1 aromatic rings. The van der Waals surface area contributed by atoms with E-state index in [0.29, 0.717) is 18.4 Å². The molecule has 0 unspecified atom stereocenters. The molecule has 0 bridgehead atoms. The Hall–Kier alpha value is -1.25. The minimum Gasteiger partial charge on any atom is -0.352 e. The summed E-state index contributed by atoms with van der Waals surface area (Å²) in [6.07, 6.45) is 1.30. The third-order valence-corrected chi connectivity index (χ3v) is 3.46. The van der Waals surface area contributed by atoms with E-state index in [0.717, 1.165) is 0 Å². The van der Waals surface area contributed by atoms with Crippen LogP contribution in [0.25, 0.3) is 0 Å². The van der Waals surface area contributed by atoms with Crippen molar-refractivity contribution in [3.63, 3.8) is 0 Å². The van der Waals surface area contributed by atoms with Gasteiger partial charge < -0.3 is 14.5 Å². The molecule has 1 saturated heterocycles. The first-order chi connectivity index (χ1) is 9.26. The molecule has 3 N–H and O–H groups in total. The summed E-state index contributed by atoms with van der Waals surface area (Å²) in [6, 6.07) is 0. The molecule has 112 valence electrons. The van der Waals surface area contributed by atoms with Gasteiger partial charge in [0.2, 0.25) is 0 Å². The van der Waals surface area contributed by atoms with Crippen molar-refractivity contribution >= 4 is 7.82 Å². The molecule has 1 aromatic heterocycles. The van der Waals surface area contributed by atoms with E-state index in [4.69, 9.17) is 14.5 Å². The van der Waals surface area contributed by atoms with Crippen LogP contribution in [0.3, 0.4) is 0 Å². The van der Waals surface area contributed by atoms with Crippen molar-refractivity contribution in [2.75, 3.05) is 6.61 Å². The largest absolute Gasteiger partial charge is 0.469 e. The van der Waals surface area contributed by atoms with Crippen LogP contribution < -0.4 is 11.2 Å². The third-order valence-electron chi connectivity index (χ3n) is 2.97. The second kappa shape index (κ2) is 5.63. The zero-order chi connectivity index (χ0) is 14.9. The van der Waals surface area contributed by atoms with Gasteiger partial charge in [-0.3, -0.25) is 18.9 Å². The minimum absolute atomic E-state index is 0.252. The first-order valence-corrected chi connectivity index (χ1v) is 7.47. The lowest BCUT2D eigenvalue weighted by molar-refractivity contribution is -0.0244. The maximum absolute atomic E-state index is 11.7. The highest BCUT2D eigenvalue weighted by atomic mass is 31.2. The Kier molecular flexibility index (Phi) is 4.26. The molecular formula is C10H15N2O7P. The first kappa shape index (κ1) is 15.1. The van der Waals surface area contributed by atoms with Crippen LogP contribution in [0.1, 0.15) is 24.6 Å². The zero-order valence-corrected chi connectivity index (χ0v) is 11.6. The SMILES string of the molecule is Cc1cn([C@@H]2CC[C@@H](COP(=O)(O)O)O2)c(=O)[nH]c1=O. The Morgan fingerprint density at radius 2 is 2.20 bits per heavy atom. The fourth-order valence-corrected chi connectivity index (χ4v) is 2.35. The molecule has 0 aliphatic carbocycles. The quantitative estimate of drug-likeness (QED) is 0.647. The molecule has 0 aromatic carbocycles. The van der Waals surface area contributed by atoms with Gasteiger partial charge in [0.05, 0.1) is 12.7 Å². The molecule has 1 aliphatic rings. The Bertz CT molecular complexity index is 646. The summed E-state index contributed by atoms with van der Waals surface area (Å²) in [6.45, 7) is 1.32. The molecule has 0 spiro atoms. The first-order valence-electron chi connectivity index (χ1n) is 5.94. The summed E-state index contributed by atoms with van der Waals surface area (Å²) in [7, 11) is -4.53. The van der Waals surface area contributed by atoms with Gasteiger partial charge in [-0.05, 0) is 19.8 Å². The minimum atomic E-state index is -4.53. The summed E-state index contributed by atoms with van der Waals surface area (Å²) >= 11 is 0. The predicted octanol–water partition coefficient (Wildman–Crippen LogP) is -0.368. The van der Waals surface area contributed by atoms with Crippen LogP contribution in [0.2, 0.25) is 0 Å². The molecule has 2 heterocycles. The maximum Gasteiger partial charge on any atom is 0.469 e. The molecule has 9 nitrogen and oxygen atoms in total. The average Bonchev–Trinajstić information content (AvgIpc) is 2.79. The number of phosphoric ester groups is 1. The fraction of sp³-hybridized carbons (Fsp3) is 0.600. The van der Waals surface area contributed by atoms with Crippen LogP contribution in [0.4, 0.5) is 0 Å². The normalized spacial score (nSPS) is 23.1. The molecule has 2 atom stereocenters. The number of nitrogens with one attached hydrogen (secondary N) is 1. The number of hydrogen-bond acceptors (Lipinski definition) is 5. The van der Waals surface area contributed by atoms with Crippen molar-refractivity contribution in [2.24, 2.45) is 0 Å². The van der Waals surface area contributed by atoms with Crippen molar-refractivity contribution in [1.29, 1.82) is 0 Å². The number of ether oxygens (including phenoxy) is 1. The van der Waals surface area contributed by atoms with E-state index in [9.17, 15) is 14.2 Å². The van der Waals surface area contributed by atoms with Gasteiger partial charge in [0.15, 0.2) is 0 Å². The maximum atomic E-state index is 11.7. The van der Waals surface area contributed by atoms with Crippen molar-refractivity contribution in [3.8, 4) is 0 Å². The van der Waals surface area contributed by atoms with E-state index in [-0.39, 0.29) is 6.61 Å². The highest BCUT2D eigenvalue weighted by molar-refractivity contribution is 7.46. The van der Waals surface area contributed by atoms with E-state index < -0.39 is 31.4 Å². The number of rotatable bonds is 4. The number of H-pyrrole nitrogens is 1. The number of aromatic amines is 1. The smallest absolute Gasteiger partial charge is 0.352 e. The molecule has 20 heavy (non-hydrogen) atoms.